The summed E-state index contributed by atoms with van der Waals surface area (Å²) in [5, 5.41) is 2.28. The number of nitrogens with zero attached hydrogens (tertiary/aromatic N) is 1. The van der Waals surface area contributed by atoms with E-state index < -0.39 is 23.3 Å². The zero-order valence-corrected chi connectivity index (χ0v) is 12.9. The van der Waals surface area contributed by atoms with Crippen LogP contribution in [0.1, 0.15) is 26.7 Å². The number of imide groups is 2. The molecule has 1 heterocycles. The number of amides is 4. The lowest BCUT2D eigenvalue weighted by molar-refractivity contribution is -0.143. The first-order valence-corrected chi connectivity index (χ1v) is 7.21. The monoisotopic (exact) mass is 338 g/mol. The Kier molecular flexibility index (Phi) is 3.94. The van der Waals surface area contributed by atoms with E-state index in [0.717, 1.165) is 9.37 Å². The van der Waals surface area contributed by atoms with Crippen LogP contribution in [0.25, 0.3) is 0 Å². The molecule has 1 fully saturated rings. The van der Waals surface area contributed by atoms with Crippen molar-refractivity contribution in [2.45, 2.75) is 26.7 Å². The Morgan fingerprint density at radius 1 is 1.10 bits per heavy atom. The van der Waals surface area contributed by atoms with Crippen molar-refractivity contribution in [1.29, 1.82) is 0 Å². The quantitative estimate of drug-likeness (QED) is 0.861. The Morgan fingerprint density at radius 3 is 2.15 bits per heavy atom. The van der Waals surface area contributed by atoms with Gasteiger partial charge < -0.3 is 0 Å². The Morgan fingerprint density at radius 2 is 1.65 bits per heavy atom. The van der Waals surface area contributed by atoms with Gasteiger partial charge in [0.05, 0.1) is 5.69 Å². The predicted octanol–water partition coefficient (Wildman–Crippen LogP) is 2.84. The molecule has 1 aromatic rings. The van der Waals surface area contributed by atoms with Gasteiger partial charge in [0.25, 0.3) is 5.91 Å². The van der Waals surface area contributed by atoms with Crippen molar-refractivity contribution in [3.63, 3.8) is 0 Å². The minimum atomic E-state index is -1.17. The molecule has 20 heavy (non-hydrogen) atoms. The summed E-state index contributed by atoms with van der Waals surface area (Å²) in [6.45, 7) is 3.55. The number of halogens is 1. The van der Waals surface area contributed by atoms with Gasteiger partial charge in [-0.15, -0.1) is 0 Å². The van der Waals surface area contributed by atoms with E-state index in [9.17, 15) is 14.4 Å². The number of anilines is 1. The molecule has 0 spiro atoms. The van der Waals surface area contributed by atoms with E-state index in [2.05, 4.69) is 21.2 Å². The summed E-state index contributed by atoms with van der Waals surface area (Å²) in [4.78, 5) is 37.7. The van der Waals surface area contributed by atoms with Crippen LogP contribution in [-0.2, 0) is 9.59 Å². The zero-order chi connectivity index (χ0) is 14.9. The maximum absolute atomic E-state index is 12.6. The van der Waals surface area contributed by atoms with Crippen LogP contribution in [0.5, 0.6) is 0 Å². The molecular weight excluding hydrogens is 324 g/mol. The summed E-state index contributed by atoms with van der Waals surface area (Å²) >= 11 is 3.30. The van der Waals surface area contributed by atoms with Crippen LogP contribution in [0.15, 0.2) is 28.7 Å². The van der Waals surface area contributed by atoms with Crippen LogP contribution in [0.4, 0.5) is 10.5 Å². The molecule has 1 aliphatic heterocycles. The SMILES string of the molecule is CCC1(CC)C(=O)NC(=O)N(c2ccc(Br)cc2)C1=O. The van der Waals surface area contributed by atoms with E-state index in [1.807, 2.05) is 0 Å². The fourth-order valence-electron chi connectivity index (χ4n) is 2.37. The summed E-state index contributed by atoms with van der Waals surface area (Å²) in [7, 11) is 0. The first-order chi connectivity index (χ1) is 9.46. The summed E-state index contributed by atoms with van der Waals surface area (Å²) in [5.41, 5.74) is -0.712. The molecule has 5 nitrogen and oxygen atoms in total. The molecule has 1 N–H and O–H groups in total. The first kappa shape index (κ1) is 14.7. The average Bonchev–Trinajstić information content (AvgIpc) is 2.42. The van der Waals surface area contributed by atoms with Crippen molar-refractivity contribution >= 4 is 39.5 Å². The highest BCUT2D eigenvalue weighted by Gasteiger charge is 2.51. The highest BCUT2D eigenvalue weighted by molar-refractivity contribution is 9.10. The third kappa shape index (κ3) is 2.14. The van der Waals surface area contributed by atoms with Gasteiger partial charge in [0.15, 0.2) is 0 Å². The molecule has 106 valence electrons. The molecular formula is C14H15BrN2O3. The van der Waals surface area contributed by atoms with E-state index >= 15 is 0 Å². The number of nitrogens with one attached hydrogen (secondary N) is 1. The topological polar surface area (TPSA) is 66.5 Å². The number of carbonyl (C=O) groups is 3. The maximum atomic E-state index is 12.6. The van der Waals surface area contributed by atoms with Crippen LogP contribution < -0.4 is 10.2 Å². The number of urea groups is 1. The number of rotatable bonds is 3. The normalized spacial score (nSPS) is 18.1. The van der Waals surface area contributed by atoms with E-state index in [1.165, 1.54) is 0 Å². The molecule has 0 saturated carbocycles. The summed E-state index contributed by atoms with van der Waals surface area (Å²) < 4.78 is 0.847. The van der Waals surface area contributed by atoms with Gasteiger partial charge in [-0.2, -0.15) is 0 Å². The van der Waals surface area contributed by atoms with E-state index in [4.69, 9.17) is 0 Å². The molecule has 0 unspecified atom stereocenters. The standard InChI is InChI=1S/C14H15BrN2O3/c1-3-14(4-2)11(18)16-13(20)17(12(14)19)10-7-5-9(15)6-8-10/h5-8H,3-4H2,1-2H3,(H,16,18,20). The Labute approximate surface area is 125 Å². The largest absolute Gasteiger partial charge is 0.335 e. The van der Waals surface area contributed by atoms with Gasteiger partial charge in [0.1, 0.15) is 5.41 Å². The van der Waals surface area contributed by atoms with Crippen molar-refractivity contribution in [2.75, 3.05) is 4.90 Å². The van der Waals surface area contributed by atoms with Crippen molar-refractivity contribution in [3.05, 3.63) is 28.7 Å². The lowest BCUT2D eigenvalue weighted by Crippen LogP contribution is -2.63. The molecule has 1 saturated heterocycles. The lowest BCUT2D eigenvalue weighted by Gasteiger charge is -2.38. The maximum Gasteiger partial charge on any atom is 0.335 e. The smallest absolute Gasteiger partial charge is 0.276 e. The molecule has 1 aliphatic rings. The van der Waals surface area contributed by atoms with Gasteiger partial charge in [-0.1, -0.05) is 29.8 Å². The summed E-state index contributed by atoms with van der Waals surface area (Å²) in [5.74, 6) is -0.968. The van der Waals surface area contributed by atoms with E-state index in [1.54, 1.807) is 38.1 Å². The van der Waals surface area contributed by atoms with Crippen molar-refractivity contribution in [1.82, 2.24) is 5.32 Å². The van der Waals surface area contributed by atoms with Crippen molar-refractivity contribution in [3.8, 4) is 0 Å². The number of hydrogen-bond donors (Lipinski definition) is 1. The highest BCUT2D eigenvalue weighted by Crippen LogP contribution is 2.34. The molecule has 4 amide bonds. The Bertz CT molecular complexity index is 564. The third-order valence-electron chi connectivity index (χ3n) is 3.76. The van der Waals surface area contributed by atoms with E-state index in [-0.39, 0.29) is 0 Å². The molecule has 0 aromatic heterocycles. The molecule has 0 aliphatic carbocycles. The average molecular weight is 339 g/mol. The summed E-state index contributed by atoms with van der Waals surface area (Å²) in [6.07, 6.45) is 0.711. The molecule has 0 bridgehead atoms. The number of barbiturate groups is 1. The summed E-state index contributed by atoms with van der Waals surface area (Å²) in [6, 6.07) is 6.11. The fraction of sp³-hybridized carbons (Fsp3) is 0.357. The van der Waals surface area contributed by atoms with Crippen molar-refractivity contribution < 1.29 is 14.4 Å². The van der Waals surface area contributed by atoms with Crippen LogP contribution in [-0.4, -0.2) is 17.8 Å². The second-order valence-electron chi connectivity index (χ2n) is 4.67. The third-order valence-corrected chi connectivity index (χ3v) is 4.29. The van der Waals surface area contributed by atoms with Gasteiger partial charge in [-0.3, -0.25) is 14.9 Å². The lowest BCUT2D eigenvalue weighted by atomic mass is 9.78. The van der Waals surface area contributed by atoms with Crippen LogP contribution in [0, 0.1) is 5.41 Å². The second-order valence-corrected chi connectivity index (χ2v) is 5.58. The van der Waals surface area contributed by atoms with Gasteiger partial charge in [0.2, 0.25) is 5.91 Å². The molecule has 0 radical (unpaired) electrons. The molecule has 0 atom stereocenters. The van der Waals surface area contributed by atoms with Gasteiger partial charge in [-0.05, 0) is 37.1 Å². The van der Waals surface area contributed by atoms with Crippen LogP contribution in [0.3, 0.4) is 0 Å². The molecule has 2 rings (SSSR count). The number of carbonyl (C=O) groups excluding carboxylic acids is 3. The second kappa shape index (κ2) is 5.36. The fourth-order valence-corrected chi connectivity index (χ4v) is 2.64. The number of benzene rings is 1. The first-order valence-electron chi connectivity index (χ1n) is 6.41. The molecule has 1 aromatic carbocycles. The van der Waals surface area contributed by atoms with Gasteiger partial charge >= 0.3 is 6.03 Å². The van der Waals surface area contributed by atoms with Gasteiger partial charge in [0, 0.05) is 4.47 Å². The van der Waals surface area contributed by atoms with E-state index in [0.29, 0.717) is 18.5 Å². The zero-order valence-electron chi connectivity index (χ0n) is 11.3. The van der Waals surface area contributed by atoms with Crippen LogP contribution in [0.2, 0.25) is 0 Å². The Balaban J connectivity index is 2.47. The highest BCUT2D eigenvalue weighted by atomic mass is 79.9. The van der Waals surface area contributed by atoms with Crippen LogP contribution >= 0.6 is 15.9 Å². The van der Waals surface area contributed by atoms with Gasteiger partial charge in [-0.25, -0.2) is 9.69 Å². The minimum absolute atomic E-state index is 0.356. The minimum Gasteiger partial charge on any atom is -0.276 e. The predicted molar refractivity (Wildman–Crippen MR) is 78.2 cm³/mol. The molecule has 6 heteroatoms. The Hall–Kier alpha value is -1.69. The number of hydrogen-bond acceptors (Lipinski definition) is 3. The van der Waals surface area contributed by atoms with Crippen molar-refractivity contribution in [2.24, 2.45) is 5.41 Å².